The molecule has 178 valence electrons. The van der Waals surface area contributed by atoms with E-state index in [2.05, 4.69) is 22.3 Å². The molecule has 2 fully saturated rings. The van der Waals surface area contributed by atoms with Crippen LogP contribution in [0, 0.1) is 5.92 Å². The number of rotatable bonds is 7. The zero-order valence-corrected chi connectivity index (χ0v) is 20.2. The maximum absolute atomic E-state index is 13.0. The summed E-state index contributed by atoms with van der Waals surface area (Å²) in [5.41, 5.74) is 2.26. The van der Waals surface area contributed by atoms with Crippen molar-refractivity contribution in [1.82, 2.24) is 14.5 Å². The lowest BCUT2D eigenvalue weighted by atomic mass is 9.98. The summed E-state index contributed by atoms with van der Waals surface area (Å²) in [5, 5.41) is 3.47. The van der Waals surface area contributed by atoms with E-state index in [0.29, 0.717) is 31.0 Å². The fourth-order valence-electron chi connectivity index (χ4n) is 4.24. The molecule has 2 aliphatic rings. The van der Waals surface area contributed by atoms with Gasteiger partial charge in [0.05, 0.1) is 24.0 Å². The summed E-state index contributed by atoms with van der Waals surface area (Å²) in [6, 6.07) is 14.4. The van der Waals surface area contributed by atoms with Gasteiger partial charge < -0.3 is 10.1 Å². The molecule has 2 aromatic rings. The second-order valence-electron chi connectivity index (χ2n) is 8.58. The molecule has 1 N–H and O–H groups in total. The summed E-state index contributed by atoms with van der Waals surface area (Å²) >= 11 is 5.88. The van der Waals surface area contributed by atoms with Gasteiger partial charge in [-0.05, 0) is 48.2 Å². The standard InChI is InChI=1S/C24H30ClN3O4S/c25-22-7-9-23(10-8-22)33(30,31)28-11-1-2-21(18-28)24(29)26-16-19-3-5-20(6-4-19)17-27-12-14-32-15-13-27/h3-10,21H,1-2,11-18H2,(H,26,29)/t21-/m0/s1. The van der Waals surface area contributed by atoms with Crippen molar-refractivity contribution in [2.24, 2.45) is 5.92 Å². The van der Waals surface area contributed by atoms with Crippen LogP contribution in [0.4, 0.5) is 0 Å². The largest absolute Gasteiger partial charge is 0.379 e. The Bertz CT molecular complexity index is 1040. The van der Waals surface area contributed by atoms with Gasteiger partial charge in [0.2, 0.25) is 15.9 Å². The Labute approximate surface area is 200 Å². The van der Waals surface area contributed by atoms with Crippen molar-refractivity contribution in [2.45, 2.75) is 30.8 Å². The minimum absolute atomic E-state index is 0.108. The van der Waals surface area contributed by atoms with Gasteiger partial charge in [0.1, 0.15) is 0 Å². The van der Waals surface area contributed by atoms with Crippen LogP contribution in [0.2, 0.25) is 5.02 Å². The van der Waals surface area contributed by atoms with E-state index in [-0.39, 0.29) is 23.3 Å². The second-order valence-corrected chi connectivity index (χ2v) is 11.0. The maximum atomic E-state index is 13.0. The van der Waals surface area contributed by atoms with Gasteiger partial charge in [0.15, 0.2) is 0 Å². The summed E-state index contributed by atoms with van der Waals surface area (Å²) < 4.78 is 32.7. The topological polar surface area (TPSA) is 79.0 Å². The first-order valence-electron chi connectivity index (χ1n) is 11.3. The number of carbonyl (C=O) groups is 1. The third-order valence-corrected chi connectivity index (χ3v) is 8.34. The number of hydrogen-bond acceptors (Lipinski definition) is 5. The molecule has 2 heterocycles. The van der Waals surface area contributed by atoms with Gasteiger partial charge in [0.25, 0.3) is 0 Å². The Balaban J connectivity index is 1.29. The Hall–Kier alpha value is -1.97. The van der Waals surface area contributed by atoms with Crippen LogP contribution in [0.15, 0.2) is 53.4 Å². The van der Waals surface area contributed by atoms with Crippen LogP contribution in [0.5, 0.6) is 0 Å². The fraction of sp³-hybridized carbons (Fsp3) is 0.458. The predicted octanol–water partition coefficient (Wildman–Crippen LogP) is 2.89. The van der Waals surface area contributed by atoms with Gasteiger partial charge in [-0.1, -0.05) is 35.9 Å². The molecule has 0 radical (unpaired) electrons. The molecule has 9 heteroatoms. The highest BCUT2D eigenvalue weighted by atomic mass is 35.5. The number of amides is 1. The summed E-state index contributed by atoms with van der Waals surface area (Å²) in [6.07, 6.45) is 1.33. The monoisotopic (exact) mass is 491 g/mol. The zero-order chi connectivity index (χ0) is 23.3. The summed E-state index contributed by atoms with van der Waals surface area (Å²) in [6.45, 7) is 5.39. The highest BCUT2D eigenvalue weighted by Gasteiger charge is 2.33. The van der Waals surface area contributed by atoms with Gasteiger partial charge >= 0.3 is 0 Å². The average molecular weight is 492 g/mol. The van der Waals surface area contributed by atoms with E-state index in [1.807, 2.05) is 12.1 Å². The number of morpholine rings is 1. The van der Waals surface area contributed by atoms with Crippen molar-refractivity contribution in [2.75, 3.05) is 39.4 Å². The van der Waals surface area contributed by atoms with Crippen molar-refractivity contribution in [3.63, 3.8) is 0 Å². The van der Waals surface area contributed by atoms with Crippen LogP contribution < -0.4 is 5.32 Å². The Kier molecular flexibility index (Phi) is 8.03. The molecule has 33 heavy (non-hydrogen) atoms. The molecule has 0 unspecified atom stereocenters. The predicted molar refractivity (Wildman–Crippen MR) is 127 cm³/mol. The molecule has 2 aliphatic heterocycles. The lowest BCUT2D eigenvalue weighted by Gasteiger charge is -2.31. The highest BCUT2D eigenvalue weighted by molar-refractivity contribution is 7.89. The summed E-state index contributed by atoms with van der Waals surface area (Å²) in [7, 11) is -3.65. The van der Waals surface area contributed by atoms with Crippen molar-refractivity contribution in [3.05, 3.63) is 64.7 Å². The smallest absolute Gasteiger partial charge is 0.243 e. The van der Waals surface area contributed by atoms with Crippen LogP contribution in [0.1, 0.15) is 24.0 Å². The van der Waals surface area contributed by atoms with Crippen molar-refractivity contribution >= 4 is 27.5 Å². The van der Waals surface area contributed by atoms with E-state index in [1.165, 1.54) is 22.0 Å². The number of carbonyl (C=O) groups excluding carboxylic acids is 1. The normalized spacial score (nSPS) is 20.5. The number of nitrogens with zero attached hydrogens (tertiary/aromatic N) is 2. The molecule has 4 rings (SSSR count). The molecule has 0 aliphatic carbocycles. The van der Waals surface area contributed by atoms with Crippen molar-refractivity contribution in [1.29, 1.82) is 0 Å². The van der Waals surface area contributed by atoms with E-state index < -0.39 is 10.0 Å². The lowest BCUT2D eigenvalue weighted by molar-refractivity contribution is -0.126. The zero-order valence-electron chi connectivity index (χ0n) is 18.6. The van der Waals surface area contributed by atoms with Crippen LogP contribution in [0.25, 0.3) is 0 Å². The number of piperidine rings is 1. The Morgan fingerprint density at radius 1 is 1.00 bits per heavy atom. The SMILES string of the molecule is O=C(NCc1ccc(CN2CCOCC2)cc1)[C@H]1CCCN(S(=O)(=O)c2ccc(Cl)cc2)C1. The molecule has 0 aromatic heterocycles. The van der Waals surface area contributed by atoms with E-state index >= 15 is 0 Å². The summed E-state index contributed by atoms with van der Waals surface area (Å²) in [5.74, 6) is -0.468. The number of hydrogen-bond donors (Lipinski definition) is 1. The third-order valence-electron chi connectivity index (χ3n) is 6.21. The molecule has 0 bridgehead atoms. The van der Waals surface area contributed by atoms with Crippen LogP contribution in [-0.2, 0) is 32.6 Å². The number of benzene rings is 2. The van der Waals surface area contributed by atoms with Crippen LogP contribution >= 0.6 is 11.6 Å². The Morgan fingerprint density at radius 3 is 2.36 bits per heavy atom. The highest BCUT2D eigenvalue weighted by Crippen LogP contribution is 2.25. The van der Waals surface area contributed by atoms with Crippen LogP contribution in [0.3, 0.4) is 0 Å². The van der Waals surface area contributed by atoms with Crippen molar-refractivity contribution < 1.29 is 17.9 Å². The molecule has 7 nitrogen and oxygen atoms in total. The number of ether oxygens (including phenoxy) is 1. The van der Waals surface area contributed by atoms with Gasteiger partial charge in [-0.15, -0.1) is 0 Å². The molecular weight excluding hydrogens is 462 g/mol. The first-order valence-corrected chi connectivity index (χ1v) is 13.1. The van der Waals surface area contributed by atoms with Crippen LogP contribution in [-0.4, -0.2) is 62.9 Å². The number of sulfonamides is 1. The quantitative estimate of drug-likeness (QED) is 0.644. The maximum Gasteiger partial charge on any atom is 0.243 e. The minimum atomic E-state index is -3.65. The van der Waals surface area contributed by atoms with Gasteiger partial charge in [-0.2, -0.15) is 4.31 Å². The molecule has 0 saturated carbocycles. The Morgan fingerprint density at radius 2 is 1.67 bits per heavy atom. The van der Waals surface area contributed by atoms with Gasteiger partial charge in [-0.25, -0.2) is 8.42 Å². The van der Waals surface area contributed by atoms with E-state index in [9.17, 15) is 13.2 Å². The lowest BCUT2D eigenvalue weighted by Crippen LogP contribution is -2.45. The molecule has 2 saturated heterocycles. The summed E-state index contributed by atoms with van der Waals surface area (Å²) in [4.78, 5) is 15.4. The molecule has 0 spiro atoms. The molecule has 2 aromatic carbocycles. The first-order chi connectivity index (χ1) is 15.9. The van der Waals surface area contributed by atoms with Gasteiger partial charge in [-0.3, -0.25) is 9.69 Å². The van der Waals surface area contributed by atoms with E-state index in [1.54, 1.807) is 12.1 Å². The average Bonchev–Trinajstić information content (AvgIpc) is 2.84. The molecular formula is C24H30ClN3O4S. The molecule has 1 atom stereocenters. The van der Waals surface area contributed by atoms with E-state index in [4.69, 9.17) is 16.3 Å². The number of halogens is 1. The third kappa shape index (κ3) is 6.33. The first kappa shape index (κ1) is 24.2. The fourth-order valence-corrected chi connectivity index (χ4v) is 5.89. The van der Waals surface area contributed by atoms with Gasteiger partial charge in [0, 0.05) is 44.3 Å². The molecule has 1 amide bonds. The van der Waals surface area contributed by atoms with E-state index in [0.717, 1.165) is 38.4 Å². The second kappa shape index (κ2) is 11.0. The number of nitrogens with one attached hydrogen (secondary N) is 1. The minimum Gasteiger partial charge on any atom is -0.379 e. The van der Waals surface area contributed by atoms with Crippen molar-refractivity contribution in [3.8, 4) is 0 Å².